The summed E-state index contributed by atoms with van der Waals surface area (Å²) >= 11 is 0. The van der Waals surface area contributed by atoms with Gasteiger partial charge in [0.1, 0.15) is 34.2 Å². The molecule has 1 heterocycles. The van der Waals surface area contributed by atoms with Crippen LogP contribution in [-0.4, -0.2) is 0 Å². The second-order valence-corrected chi connectivity index (χ2v) is 33.9. The fourth-order valence-corrected chi connectivity index (χ4v) is 20.3. The molecule has 133 heavy (non-hydrogen) atoms. The smallest absolute Gasteiger partial charge is 0.135 e. The summed E-state index contributed by atoms with van der Waals surface area (Å²) in [6.45, 7) is 7.87. The van der Waals surface area contributed by atoms with E-state index < -0.39 is 10.8 Å². The van der Waals surface area contributed by atoms with Gasteiger partial charge >= 0.3 is 0 Å². The molecule has 20 aromatic carbocycles. The molecular weight excluding hydrogens is 1620 g/mol. The highest BCUT2D eigenvalue weighted by Crippen LogP contribution is 2.60. The van der Waals surface area contributed by atoms with Gasteiger partial charge < -0.3 is 33.5 Å². The predicted molar refractivity (Wildman–Crippen MR) is 551 cm³/mol. The maximum atomic E-state index is 6.75. The molecule has 0 bridgehead atoms. The summed E-state index contributed by atoms with van der Waals surface area (Å²) in [5, 5.41) is 2.03. The topological polar surface area (TPSA) is 44.6 Å². The van der Waals surface area contributed by atoms with Crippen LogP contribution in [0, 0.1) is 0 Å². The van der Waals surface area contributed by atoms with Gasteiger partial charge in [-0.05, 0) is 306 Å². The molecule has 630 valence electrons. The van der Waals surface area contributed by atoms with Crippen molar-refractivity contribution in [3.63, 3.8) is 0 Å². The number of fused-ring (bicyclic) bond motifs is 9. The van der Waals surface area contributed by atoms with Crippen LogP contribution in [0.4, 0.5) is 68.2 Å². The Kier molecular flexibility index (Phi) is 20.6. The molecule has 7 heteroatoms. The van der Waals surface area contributed by atoms with Gasteiger partial charge in [-0.15, -0.1) is 0 Å². The van der Waals surface area contributed by atoms with Crippen molar-refractivity contribution in [3.05, 3.63) is 566 Å². The average Bonchev–Trinajstić information content (AvgIpc) is 1.59. The quantitative estimate of drug-likeness (QED) is 0.0597. The molecule has 0 aliphatic heterocycles. The average molecular weight is 1710 g/mol. The van der Waals surface area contributed by atoms with Crippen LogP contribution in [0.15, 0.2) is 515 Å². The molecule has 1 aromatic heterocycles. The van der Waals surface area contributed by atoms with Crippen LogP contribution < -0.4 is 29.1 Å². The Morgan fingerprint density at radius 2 is 0.429 bits per heavy atom. The molecule has 2 unspecified atom stereocenters. The molecule has 23 rings (SSSR count). The first-order chi connectivity index (χ1) is 65.8. The fourth-order valence-electron chi connectivity index (χ4n) is 20.3. The minimum Gasteiger partial charge on any atom is -0.457 e. The molecule has 2 aliphatic carbocycles. The molecule has 2 aliphatic rings. The summed E-state index contributed by atoms with van der Waals surface area (Å²) in [5.74, 6) is 3.07. The molecule has 0 spiro atoms. The Bertz CT molecular complexity index is 7370. The van der Waals surface area contributed by atoms with E-state index in [9.17, 15) is 0 Å². The second kappa shape index (κ2) is 34.2. The van der Waals surface area contributed by atoms with Crippen LogP contribution in [-0.2, 0) is 10.8 Å². The van der Waals surface area contributed by atoms with E-state index in [-0.39, 0.29) is 0 Å². The van der Waals surface area contributed by atoms with Crippen LogP contribution in [0.5, 0.6) is 23.0 Å². The van der Waals surface area contributed by atoms with E-state index in [1.165, 1.54) is 55.6 Å². The van der Waals surface area contributed by atoms with Crippen LogP contribution in [0.2, 0.25) is 0 Å². The number of hydrogen-bond donors (Lipinski definition) is 0. The van der Waals surface area contributed by atoms with Gasteiger partial charge in [-0.2, -0.15) is 0 Å². The number of benzene rings is 20. The van der Waals surface area contributed by atoms with Crippen molar-refractivity contribution in [3.8, 4) is 67.5 Å². The van der Waals surface area contributed by atoms with Crippen molar-refractivity contribution in [1.82, 2.24) is 0 Å². The minimum absolute atomic E-state index is 0.651. The molecular formula is C126H88N4O3. The zero-order valence-electron chi connectivity index (χ0n) is 72.9. The van der Waals surface area contributed by atoms with Crippen molar-refractivity contribution >= 4 is 102 Å². The number of ether oxygens (including phenoxy) is 2. The summed E-state index contributed by atoms with van der Waals surface area (Å²) in [7, 11) is 0. The Hall–Kier alpha value is -17.5. The number of furan rings is 1. The maximum absolute atomic E-state index is 6.75. The number of para-hydroxylation sites is 4. The molecule has 0 radical (unpaired) electrons. The van der Waals surface area contributed by atoms with Crippen molar-refractivity contribution in [1.29, 1.82) is 0 Å². The van der Waals surface area contributed by atoms with E-state index in [0.717, 1.165) is 158 Å². The first-order valence-corrected chi connectivity index (χ1v) is 45.2. The van der Waals surface area contributed by atoms with Crippen LogP contribution in [0.3, 0.4) is 0 Å². The predicted octanol–water partition coefficient (Wildman–Crippen LogP) is 34.4. The lowest BCUT2D eigenvalue weighted by atomic mass is 9.67. The lowest BCUT2D eigenvalue weighted by molar-refractivity contribution is 0.482. The van der Waals surface area contributed by atoms with E-state index in [1.807, 2.05) is 60.7 Å². The molecule has 0 amide bonds. The van der Waals surface area contributed by atoms with Gasteiger partial charge in [0, 0.05) is 79.0 Å². The third kappa shape index (κ3) is 14.5. The largest absolute Gasteiger partial charge is 0.457 e. The lowest BCUT2D eigenvalue weighted by Gasteiger charge is -2.35. The number of anilines is 12. The van der Waals surface area contributed by atoms with Crippen molar-refractivity contribution < 1.29 is 13.9 Å². The summed E-state index contributed by atoms with van der Waals surface area (Å²) in [4.78, 5) is 9.43. The van der Waals surface area contributed by atoms with E-state index in [2.05, 4.69) is 482 Å². The zero-order valence-corrected chi connectivity index (χ0v) is 72.9. The molecule has 0 saturated heterocycles. The lowest BCUT2D eigenvalue weighted by Crippen LogP contribution is -2.28. The fraction of sp³-hybridized carbons (Fsp3) is 0.0159. The third-order valence-electron chi connectivity index (χ3n) is 26.4. The SMILES string of the molecule is C=Cc1ccc(Oc2ccc(C3(c4ccccc4)c4ccccc4-c4ccc(N(c5ccccc5)c5ccc(-c6ccc(N(c7ccccc7)c7ccc8oc9ccc(N(c%10ccccc%10)c%10ccc(-c%11ccc(N(c%12ccccc%12)c%12ccc%13c(c%12)C(c%12ccccc%12)(c%12ccc(Oc%14ccc(C=C)cc%14)cc%12)c%12ccccc%12-%13)cc%11)cc%10)cc9c8c7)cc6)cc5)cc43)cc2)cc1. The Morgan fingerprint density at radius 3 is 0.729 bits per heavy atom. The Labute approximate surface area is 775 Å². The van der Waals surface area contributed by atoms with Crippen molar-refractivity contribution in [2.75, 3.05) is 19.6 Å². The standard InChI is InChI=1S/C126H88N4O3/c1-3-87-43-71-109(72-44-87)131-111-75-55-95(56-76-111)125(93-27-11-5-12-28-93)119-41-25-23-39-113(119)115-79-67-107(85-121(115)125)129(99-35-19-9-20-36-99)103-63-51-91(52-64-103)89-47-59-101(60-48-89)127(97-31-15-7-16-32-97)105-69-81-123-117(83-105)118-84-106(70-82-124(118)133-123)128(98-33-17-8-18-34-98)102-61-49-90(50-62-102)92-53-65-104(66-54-92)130(100-37-21-10-22-38-100)108-68-80-116-114-40-24-26-42-120(114)126(122(116)86-108,94-29-13-6-14-30-94)96-57-77-112(78-58-96)132-110-73-45-88(4-2)46-74-110/h3-86H,1-2H2. The van der Waals surface area contributed by atoms with E-state index in [0.29, 0.717) is 0 Å². The first kappa shape index (κ1) is 80.1. The molecule has 0 saturated carbocycles. The van der Waals surface area contributed by atoms with Crippen LogP contribution in [0.25, 0.3) is 78.6 Å². The van der Waals surface area contributed by atoms with Crippen molar-refractivity contribution in [2.24, 2.45) is 0 Å². The number of rotatable bonds is 24. The van der Waals surface area contributed by atoms with Gasteiger partial charge in [-0.1, -0.05) is 316 Å². The van der Waals surface area contributed by atoms with Crippen LogP contribution in [0.1, 0.15) is 55.6 Å². The van der Waals surface area contributed by atoms with Gasteiger partial charge in [0.05, 0.1) is 10.8 Å². The Balaban J connectivity index is 0.535. The van der Waals surface area contributed by atoms with Crippen LogP contribution >= 0.6 is 0 Å². The number of nitrogens with zero attached hydrogens (tertiary/aromatic N) is 4. The monoisotopic (exact) mass is 1700 g/mol. The summed E-state index contributed by atoms with van der Waals surface area (Å²) in [6, 6.07) is 179. The summed E-state index contributed by atoms with van der Waals surface area (Å²) < 4.78 is 19.7. The molecule has 7 nitrogen and oxygen atoms in total. The summed E-state index contributed by atoms with van der Waals surface area (Å²) in [6.07, 6.45) is 3.69. The molecule has 2 atom stereocenters. The molecule has 21 aromatic rings. The Morgan fingerprint density at radius 1 is 0.195 bits per heavy atom. The van der Waals surface area contributed by atoms with Gasteiger partial charge in [0.25, 0.3) is 0 Å². The molecule has 0 N–H and O–H groups in total. The van der Waals surface area contributed by atoms with E-state index in [1.54, 1.807) is 0 Å². The first-order valence-electron chi connectivity index (χ1n) is 45.2. The summed E-state index contributed by atoms with van der Waals surface area (Å²) in [5.41, 5.74) is 33.7. The van der Waals surface area contributed by atoms with Crippen molar-refractivity contribution in [2.45, 2.75) is 10.8 Å². The third-order valence-corrected chi connectivity index (χ3v) is 26.4. The number of hydrogen-bond acceptors (Lipinski definition) is 7. The highest BCUT2D eigenvalue weighted by atomic mass is 16.5. The second-order valence-electron chi connectivity index (χ2n) is 33.9. The maximum Gasteiger partial charge on any atom is 0.135 e. The van der Waals surface area contributed by atoms with E-state index >= 15 is 0 Å². The van der Waals surface area contributed by atoms with Gasteiger partial charge in [0.2, 0.25) is 0 Å². The van der Waals surface area contributed by atoms with Gasteiger partial charge in [0.15, 0.2) is 0 Å². The molecule has 0 fully saturated rings. The van der Waals surface area contributed by atoms with Gasteiger partial charge in [-0.3, -0.25) is 0 Å². The highest BCUT2D eigenvalue weighted by molar-refractivity contribution is 6.08. The van der Waals surface area contributed by atoms with E-state index in [4.69, 9.17) is 13.9 Å². The zero-order chi connectivity index (χ0) is 88.8. The highest BCUT2D eigenvalue weighted by Gasteiger charge is 2.48. The normalized spacial score (nSPS) is 13.8. The van der Waals surface area contributed by atoms with Gasteiger partial charge in [-0.25, -0.2) is 0 Å². The minimum atomic E-state index is -0.651.